The van der Waals surface area contributed by atoms with Crippen LogP contribution in [-0.4, -0.2) is 50.2 Å². The summed E-state index contributed by atoms with van der Waals surface area (Å²) in [5.41, 5.74) is 4.87. The van der Waals surface area contributed by atoms with Gasteiger partial charge in [0.15, 0.2) is 11.5 Å². The Hall–Kier alpha value is -2.83. The van der Waals surface area contributed by atoms with Crippen LogP contribution in [-0.2, 0) is 13.1 Å². The Kier molecular flexibility index (Phi) is 6.30. The zero-order chi connectivity index (χ0) is 22.0. The maximum Gasteiger partial charge on any atom is 0.336 e. The first-order chi connectivity index (χ1) is 15.0. The average molecular weight is 423 g/mol. The van der Waals surface area contributed by atoms with E-state index in [0.717, 1.165) is 78.4 Å². The second kappa shape index (κ2) is 9.12. The molecule has 6 nitrogen and oxygen atoms in total. The van der Waals surface area contributed by atoms with Gasteiger partial charge in [-0.15, -0.1) is 0 Å². The van der Waals surface area contributed by atoms with E-state index in [0.29, 0.717) is 0 Å². The Balaban J connectivity index is 1.42. The molecule has 0 saturated carbocycles. The topological polar surface area (TPSA) is 55.2 Å². The van der Waals surface area contributed by atoms with Crippen molar-refractivity contribution in [1.82, 2.24) is 9.80 Å². The van der Waals surface area contributed by atoms with E-state index in [9.17, 15) is 4.79 Å². The van der Waals surface area contributed by atoms with Crippen LogP contribution in [0, 0.1) is 13.8 Å². The third-order valence-electron chi connectivity index (χ3n) is 6.23. The van der Waals surface area contributed by atoms with Crippen LogP contribution < -0.4 is 15.1 Å². The highest BCUT2D eigenvalue weighted by molar-refractivity contribution is 5.83. The van der Waals surface area contributed by atoms with Crippen molar-refractivity contribution in [2.24, 2.45) is 0 Å². The van der Waals surface area contributed by atoms with Crippen LogP contribution in [0.5, 0.6) is 11.5 Å². The maximum atomic E-state index is 12.2. The average Bonchev–Trinajstić information content (AvgIpc) is 2.77. The highest BCUT2D eigenvalue weighted by atomic mass is 16.5. The van der Waals surface area contributed by atoms with E-state index in [-0.39, 0.29) is 5.63 Å². The summed E-state index contributed by atoms with van der Waals surface area (Å²) < 4.78 is 16.3. The Morgan fingerprint density at radius 3 is 2.23 bits per heavy atom. The van der Waals surface area contributed by atoms with E-state index in [1.165, 1.54) is 5.56 Å². The monoisotopic (exact) mass is 422 g/mol. The van der Waals surface area contributed by atoms with Gasteiger partial charge in [-0.3, -0.25) is 9.80 Å². The number of aryl methyl sites for hydroxylation is 2. The van der Waals surface area contributed by atoms with Crippen molar-refractivity contribution in [2.75, 3.05) is 40.4 Å². The molecule has 164 valence electrons. The summed E-state index contributed by atoms with van der Waals surface area (Å²) in [4.78, 5) is 17.0. The van der Waals surface area contributed by atoms with Crippen molar-refractivity contribution < 1.29 is 13.9 Å². The fourth-order valence-corrected chi connectivity index (χ4v) is 4.24. The van der Waals surface area contributed by atoms with Gasteiger partial charge in [-0.05, 0) is 48.2 Å². The van der Waals surface area contributed by atoms with Crippen LogP contribution in [0.3, 0.4) is 0 Å². The fourth-order valence-electron chi connectivity index (χ4n) is 4.24. The molecule has 0 amide bonds. The van der Waals surface area contributed by atoms with E-state index < -0.39 is 0 Å². The summed E-state index contributed by atoms with van der Waals surface area (Å²) in [6.45, 7) is 9.56. The Bertz CT molecular complexity index is 1130. The molecule has 2 heterocycles. The standard InChI is InChI=1S/C25H30N2O4/c1-17-5-7-21-20(14-24(28)31-25(21)18(17)2)16-27-11-9-26(10-12-27)15-19-6-8-22(29-3)23(13-19)30-4/h5-8,13-14H,9-12,15-16H2,1-4H3. The molecule has 0 unspecified atom stereocenters. The van der Waals surface area contributed by atoms with Gasteiger partial charge >= 0.3 is 5.63 Å². The van der Waals surface area contributed by atoms with Crippen molar-refractivity contribution >= 4 is 11.0 Å². The summed E-state index contributed by atoms with van der Waals surface area (Å²) in [6.07, 6.45) is 0. The maximum absolute atomic E-state index is 12.2. The molecule has 2 aromatic carbocycles. The van der Waals surface area contributed by atoms with Crippen LogP contribution in [0.2, 0.25) is 0 Å². The van der Waals surface area contributed by atoms with E-state index in [4.69, 9.17) is 13.9 Å². The summed E-state index contributed by atoms with van der Waals surface area (Å²) in [7, 11) is 3.32. The Morgan fingerprint density at radius 2 is 1.55 bits per heavy atom. The van der Waals surface area contributed by atoms with E-state index in [1.54, 1.807) is 20.3 Å². The van der Waals surface area contributed by atoms with Crippen LogP contribution in [0.1, 0.15) is 22.3 Å². The lowest BCUT2D eigenvalue weighted by Crippen LogP contribution is -2.45. The Morgan fingerprint density at radius 1 is 0.871 bits per heavy atom. The van der Waals surface area contributed by atoms with Gasteiger partial charge in [0.1, 0.15) is 5.58 Å². The highest BCUT2D eigenvalue weighted by Gasteiger charge is 2.19. The first-order valence-corrected chi connectivity index (χ1v) is 10.7. The van der Waals surface area contributed by atoms with Gasteiger partial charge in [0.2, 0.25) is 0 Å². The summed E-state index contributed by atoms with van der Waals surface area (Å²) in [5.74, 6) is 1.51. The van der Waals surface area contributed by atoms with E-state index in [1.807, 2.05) is 26.0 Å². The molecule has 1 saturated heterocycles. The molecule has 1 aromatic heterocycles. The molecular weight excluding hydrogens is 392 g/mol. The molecule has 0 N–H and O–H groups in total. The zero-order valence-electron chi connectivity index (χ0n) is 18.7. The highest BCUT2D eigenvalue weighted by Crippen LogP contribution is 2.28. The van der Waals surface area contributed by atoms with E-state index >= 15 is 0 Å². The minimum atomic E-state index is -0.275. The van der Waals surface area contributed by atoms with E-state index in [2.05, 4.69) is 28.0 Å². The minimum absolute atomic E-state index is 0.275. The molecule has 1 aliphatic heterocycles. The molecule has 0 aliphatic carbocycles. The van der Waals surface area contributed by atoms with Crippen LogP contribution in [0.4, 0.5) is 0 Å². The number of piperazine rings is 1. The molecule has 3 aromatic rings. The van der Waals surface area contributed by atoms with Crippen molar-refractivity contribution in [3.63, 3.8) is 0 Å². The third kappa shape index (κ3) is 4.60. The third-order valence-corrected chi connectivity index (χ3v) is 6.23. The van der Waals surface area contributed by atoms with Gasteiger partial charge in [-0.2, -0.15) is 0 Å². The predicted molar refractivity (Wildman–Crippen MR) is 122 cm³/mol. The minimum Gasteiger partial charge on any atom is -0.493 e. The summed E-state index contributed by atoms with van der Waals surface area (Å²) >= 11 is 0. The number of hydrogen-bond acceptors (Lipinski definition) is 6. The molecule has 0 radical (unpaired) electrons. The van der Waals surface area contributed by atoms with Gasteiger partial charge in [0, 0.05) is 50.7 Å². The van der Waals surface area contributed by atoms with Gasteiger partial charge in [-0.1, -0.05) is 18.2 Å². The lowest BCUT2D eigenvalue weighted by Gasteiger charge is -2.35. The number of nitrogens with zero attached hydrogens (tertiary/aromatic N) is 2. The first-order valence-electron chi connectivity index (χ1n) is 10.7. The van der Waals surface area contributed by atoms with Crippen molar-refractivity contribution in [3.05, 3.63) is 69.1 Å². The molecule has 6 heteroatoms. The second-order valence-electron chi connectivity index (χ2n) is 8.22. The van der Waals surface area contributed by atoms with Gasteiger partial charge in [0.05, 0.1) is 14.2 Å². The molecule has 31 heavy (non-hydrogen) atoms. The van der Waals surface area contributed by atoms with Crippen LogP contribution in [0.25, 0.3) is 11.0 Å². The van der Waals surface area contributed by atoms with Crippen LogP contribution in [0.15, 0.2) is 45.6 Å². The Labute approximate surface area is 183 Å². The normalized spacial score (nSPS) is 15.4. The fraction of sp³-hybridized carbons (Fsp3) is 0.400. The van der Waals surface area contributed by atoms with Crippen molar-refractivity contribution in [3.8, 4) is 11.5 Å². The molecule has 4 rings (SSSR count). The van der Waals surface area contributed by atoms with Gasteiger partial charge in [-0.25, -0.2) is 4.79 Å². The zero-order valence-corrected chi connectivity index (χ0v) is 18.7. The number of methoxy groups -OCH3 is 2. The molecule has 1 fully saturated rings. The molecule has 0 bridgehead atoms. The van der Waals surface area contributed by atoms with Crippen LogP contribution >= 0.6 is 0 Å². The summed E-state index contributed by atoms with van der Waals surface area (Å²) in [5, 5.41) is 1.04. The number of benzene rings is 2. The number of ether oxygens (including phenoxy) is 2. The van der Waals surface area contributed by atoms with Gasteiger partial charge < -0.3 is 13.9 Å². The second-order valence-corrected chi connectivity index (χ2v) is 8.22. The lowest BCUT2D eigenvalue weighted by atomic mass is 10.0. The molecule has 0 spiro atoms. The molecular formula is C25H30N2O4. The summed E-state index contributed by atoms with van der Waals surface area (Å²) in [6, 6.07) is 11.9. The first kappa shape index (κ1) is 21.4. The van der Waals surface area contributed by atoms with Crippen molar-refractivity contribution in [1.29, 1.82) is 0 Å². The largest absolute Gasteiger partial charge is 0.493 e. The van der Waals surface area contributed by atoms with Crippen molar-refractivity contribution in [2.45, 2.75) is 26.9 Å². The SMILES string of the molecule is COc1ccc(CN2CCN(Cc3cc(=O)oc4c(C)c(C)ccc34)CC2)cc1OC. The number of fused-ring (bicyclic) bond motifs is 1. The number of hydrogen-bond donors (Lipinski definition) is 0. The number of rotatable bonds is 6. The smallest absolute Gasteiger partial charge is 0.336 e. The lowest BCUT2D eigenvalue weighted by molar-refractivity contribution is 0.122. The predicted octanol–water partition coefficient (Wildman–Crippen LogP) is 3.74. The molecule has 1 aliphatic rings. The quantitative estimate of drug-likeness (QED) is 0.564. The van der Waals surface area contributed by atoms with Gasteiger partial charge in [0.25, 0.3) is 0 Å². The molecule has 0 atom stereocenters.